The van der Waals surface area contributed by atoms with Crippen LogP contribution in [0.4, 0.5) is 11.5 Å². The van der Waals surface area contributed by atoms with Crippen molar-refractivity contribution in [3.63, 3.8) is 0 Å². The summed E-state index contributed by atoms with van der Waals surface area (Å²) in [6.45, 7) is 1.09. The van der Waals surface area contributed by atoms with Crippen LogP contribution in [0.25, 0.3) is 0 Å². The third-order valence-electron chi connectivity index (χ3n) is 3.53. The highest BCUT2D eigenvalue weighted by molar-refractivity contribution is 5.54. The summed E-state index contributed by atoms with van der Waals surface area (Å²) in [4.78, 5) is 14.4. The number of hydrogen-bond donors (Lipinski definition) is 1. The summed E-state index contributed by atoms with van der Waals surface area (Å²) < 4.78 is 5.82. The van der Waals surface area contributed by atoms with Crippen LogP contribution in [-0.4, -0.2) is 29.2 Å². The molecule has 1 aromatic rings. The molecular weight excluding hydrogens is 258 g/mol. The third kappa shape index (κ3) is 4.45. The molecule has 1 aliphatic carbocycles. The van der Waals surface area contributed by atoms with E-state index in [0.717, 1.165) is 12.8 Å². The fourth-order valence-electron chi connectivity index (χ4n) is 2.48. The lowest BCUT2D eigenvalue weighted by atomic mass is 10.1. The highest BCUT2D eigenvalue weighted by atomic mass is 16.6. The largest absolute Gasteiger partial charge is 0.376 e. The van der Waals surface area contributed by atoms with Crippen molar-refractivity contribution in [2.45, 2.75) is 44.6 Å². The zero-order chi connectivity index (χ0) is 14.2. The fourth-order valence-corrected chi connectivity index (χ4v) is 2.48. The summed E-state index contributed by atoms with van der Waals surface area (Å²) in [5, 5.41) is 13.8. The minimum absolute atomic E-state index is 0.00182. The first kappa shape index (κ1) is 14.7. The van der Waals surface area contributed by atoms with Gasteiger partial charge >= 0.3 is 5.69 Å². The molecule has 1 aromatic heterocycles. The van der Waals surface area contributed by atoms with Crippen molar-refractivity contribution in [2.24, 2.45) is 0 Å². The van der Waals surface area contributed by atoms with Gasteiger partial charge in [0.1, 0.15) is 0 Å². The van der Waals surface area contributed by atoms with Gasteiger partial charge in [0, 0.05) is 18.8 Å². The summed E-state index contributed by atoms with van der Waals surface area (Å²) in [6.07, 6.45) is 9.23. The fraction of sp³-hybridized carbons (Fsp3) is 0.643. The molecule has 1 N–H and O–H groups in total. The second-order valence-electron chi connectivity index (χ2n) is 5.04. The Hall–Kier alpha value is -1.69. The molecule has 0 radical (unpaired) electrons. The third-order valence-corrected chi connectivity index (χ3v) is 3.53. The molecule has 1 aliphatic rings. The maximum absolute atomic E-state index is 10.8. The predicted octanol–water partition coefficient (Wildman–Crippen LogP) is 3.14. The smallest absolute Gasteiger partial charge is 0.311 e. The van der Waals surface area contributed by atoms with Crippen LogP contribution >= 0.6 is 0 Å². The summed E-state index contributed by atoms with van der Waals surface area (Å²) in [5.74, 6) is 0.307. The molecule has 110 valence electrons. The number of anilines is 1. The molecular formula is C14H21N3O3. The van der Waals surface area contributed by atoms with Crippen LogP contribution in [0.5, 0.6) is 0 Å². The van der Waals surface area contributed by atoms with Crippen molar-refractivity contribution >= 4 is 11.5 Å². The van der Waals surface area contributed by atoms with Crippen molar-refractivity contribution in [3.8, 4) is 0 Å². The number of nitro groups is 1. The molecule has 6 heteroatoms. The first-order valence-electron chi connectivity index (χ1n) is 7.22. The molecule has 2 rings (SSSR count). The van der Waals surface area contributed by atoms with Gasteiger partial charge in [0.2, 0.25) is 5.82 Å². The number of nitrogens with zero attached hydrogens (tertiary/aromatic N) is 2. The maximum atomic E-state index is 10.8. The molecule has 20 heavy (non-hydrogen) atoms. The van der Waals surface area contributed by atoms with Gasteiger partial charge in [-0.15, -0.1) is 0 Å². The molecule has 0 aliphatic heterocycles. The average Bonchev–Trinajstić information content (AvgIpc) is 2.72. The van der Waals surface area contributed by atoms with Crippen LogP contribution in [0.2, 0.25) is 0 Å². The Morgan fingerprint density at radius 1 is 1.35 bits per heavy atom. The second-order valence-corrected chi connectivity index (χ2v) is 5.04. The van der Waals surface area contributed by atoms with Gasteiger partial charge in [-0.3, -0.25) is 10.1 Å². The van der Waals surface area contributed by atoms with E-state index in [1.165, 1.54) is 31.7 Å². The van der Waals surface area contributed by atoms with E-state index in [1.54, 1.807) is 12.3 Å². The number of ether oxygens (including phenoxy) is 1. The molecule has 0 saturated heterocycles. The molecule has 0 aromatic carbocycles. The van der Waals surface area contributed by atoms with E-state index in [4.69, 9.17) is 4.74 Å². The van der Waals surface area contributed by atoms with Crippen molar-refractivity contribution in [3.05, 3.63) is 28.4 Å². The molecule has 1 saturated carbocycles. The average molecular weight is 279 g/mol. The normalized spacial score (nSPS) is 16.6. The van der Waals surface area contributed by atoms with E-state index < -0.39 is 4.92 Å². The van der Waals surface area contributed by atoms with Gasteiger partial charge in [-0.05, 0) is 18.9 Å². The Morgan fingerprint density at radius 3 is 2.80 bits per heavy atom. The highest BCUT2D eigenvalue weighted by Gasteiger charge is 2.14. The lowest BCUT2D eigenvalue weighted by Gasteiger charge is -2.15. The van der Waals surface area contributed by atoms with Gasteiger partial charge in [0.05, 0.1) is 17.6 Å². The Morgan fingerprint density at radius 2 is 2.10 bits per heavy atom. The Bertz CT molecular complexity index is 431. The van der Waals surface area contributed by atoms with E-state index >= 15 is 0 Å². The molecule has 0 unspecified atom stereocenters. The summed E-state index contributed by atoms with van der Waals surface area (Å²) in [5.41, 5.74) is 0.00182. The molecule has 0 amide bonds. The van der Waals surface area contributed by atoms with Crippen molar-refractivity contribution in [2.75, 3.05) is 18.5 Å². The summed E-state index contributed by atoms with van der Waals surface area (Å²) in [7, 11) is 0. The van der Waals surface area contributed by atoms with Gasteiger partial charge in [-0.1, -0.05) is 25.7 Å². The molecule has 0 spiro atoms. The van der Waals surface area contributed by atoms with Crippen molar-refractivity contribution in [1.29, 1.82) is 0 Å². The van der Waals surface area contributed by atoms with Crippen LogP contribution in [0.3, 0.4) is 0 Å². The molecule has 0 atom stereocenters. The molecule has 0 bridgehead atoms. The SMILES string of the molecule is O=[N+]([O-])c1cccnc1NCCOC1CCCCCC1. The lowest BCUT2D eigenvalue weighted by Crippen LogP contribution is -2.18. The Kier molecular flexibility index (Phi) is 5.73. The van der Waals surface area contributed by atoms with Gasteiger partial charge in [0.15, 0.2) is 0 Å². The summed E-state index contributed by atoms with van der Waals surface area (Å²) in [6, 6.07) is 3.01. The van der Waals surface area contributed by atoms with Gasteiger partial charge < -0.3 is 10.1 Å². The van der Waals surface area contributed by atoms with E-state index in [0.29, 0.717) is 25.1 Å². The van der Waals surface area contributed by atoms with Crippen LogP contribution in [0.15, 0.2) is 18.3 Å². The van der Waals surface area contributed by atoms with E-state index in [-0.39, 0.29) is 5.69 Å². The number of nitrogens with one attached hydrogen (secondary N) is 1. The van der Waals surface area contributed by atoms with Crippen LogP contribution < -0.4 is 5.32 Å². The van der Waals surface area contributed by atoms with Crippen molar-refractivity contribution < 1.29 is 9.66 Å². The lowest BCUT2D eigenvalue weighted by molar-refractivity contribution is -0.384. The van der Waals surface area contributed by atoms with Crippen LogP contribution in [-0.2, 0) is 4.74 Å². The van der Waals surface area contributed by atoms with Gasteiger partial charge in [-0.25, -0.2) is 4.98 Å². The van der Waals surface area contributed by atoms with E-state index in [2.05, 4.69) is 10.3 Å². The molecule has 6 nitrogen and oxygen atoms in total. The topological polar surface area (TPSA) is 77.3 Å². The second kappa shape index (κ2) is 7.79. The number of rotatable bonds is 6. The number of pyridine rings is 1. The summed E-state index contributed by atoms with van der Waals surface area (Å²) >= 11 is 0. The predicted molar refractivity (Wildman–Crippen MR) is 76.8 cm³/mol. The van der Waals surface area contributed by atoms with Gasteiger partial charge in [0.25, 0.3) is 0 Å². The number of aromatic nitrogens is 1. The first-order valence-corrected chi connectivity index (χ1v) is 7.22. The van der Waals surface area contributed by atoms with Crippen LogP contribution in [0.1, 0.15) is 38.5 Å². The zero-order valence-electron chi connectivity index (χ0n) is 11.6. The molecule has 1 heterocycles. The monoisotopic (exact) mass is 279 g/mol. The van der Waals surface area contributed by atoms with Gasteiger partial charge in [-0.2, -0.15) is 0 Å². The Labute approximate surface area is 118 Å². The van der Waals surface area contributed by atoms with E-state index in [1.807, 2.05) is 0 Å². The Balaban J connectivity index is 1.74. The standard InChI is InChI=1S/C14H21N3O3/c18-17(19)13-8-5-9-15-14(13)16-10-11-20-12-6-3-1-2-4-7-12/h5,8-9,12H,1-4,6-7,10-11H2,(H,15,16). The quantitative estimate of drug-likeness (QED) is 0.374. The number of hydrogen-bond acceptors (Lipinski definition) is 5. The minimum Gasteiger partial charge on any atom is -0.376 e. The van der Waals surface area contributed by atoms with E-state index in [9.17, 15) is 10.1 Å². The highest BCUT2D eigenvalue weighted by Crippen LogP contribution is 2.21. The first-order chi connectivity index (χ1) is 9.77. The van der Waals surface area contributed by atoms with Crippen LogP contribution in [0, 0.1) is 10.1 Å². The molecule has 1 fully saturated rings. The zero-order valence-corrected chi connectivity index (χ0v) is 11.6. The van der Waals surface area contributed by atoms with Crippen molar-refractivity contribution in [1.82, 2.24) is 4.98 Å². The minimum atomic E-state index is -0.429. The maximum Gasteiger partial charge on any atom is 0.311 e.